The Kier molecular flexibility index (Phi) is 3.55. The molecule has 0 aliphatic carbocycles. The van der Waals surface area contributed by atoms with Crippen LogP contribution in [0.2, 0.25) is 0 Å². The van der Waals surface area contributed by atoms with Gasteiger partial charge in [0.2, 0.25) is 0 Å². The van der Waals surface area contributed by atoms with Crippen molar-refractivity contribution in [1.29, 1.82) is 0 Å². The Morgan fingerprint density at radius 2 is 1.21 bits per heavy atom. The molecule has 0 spiro atoms. The summed E-state index contributed by atoms with van der Waals surface area (Å²) in [4.78, 5) is 2.30. The van der Waals surface area contributed by atoms with Gasteiger partial charge in [-0.25, -0.2) is 0 Å². The lowest BCUT2D eigenvalue weighted by molar-refractivity contribution is 1.45. The van der Waals surface area contributed by atoms with Crippen molar-refractivity contribution in [1.82, 2.24) is 0 Å². The van der Waals surface area contributed by atoms with E-state index in [0.29, 0.717) is 0 Å². The predicted octanol–water partition coefficient (Wildman–Crippen LogP) is 4.09. The van der Waals surface area contributed by atoms with Crippen molar-refractivity contribution < 1.29 is 0 Å². The summed E-state index contributed by atoms with van der Waals surface area (Å²) < 4.78 is 0. The fourth-order valence-corrected chi connectivity index (χ4v) is 2.79. The average Bonchev–Trinajstić information content (AvgIpc) is 2.29. The molecular weight excluding hydrogens is 208 g/mol. The molecular formula is C12H8S2. The summed E-state index contributed by atoms with van der Waals surface area (Å²) in [6, 6.07) is 22.3. The Hall–Kier alpha value is -0.860. The molecule has 0 aliphatic heterocycles. The first kappa shape index (κ1) is 9.69. The van der Waals surface area contributed by atoms with Crippen LogP contribution in [0.4, 0.5) is 0 Å². The molecule has 0 saturated heterocycles. The van der Waals surface area contributed by atoms with E-state index in [0.717, 1.165) is 9.79 Å². The van der Waals surface area contributed by atoms with Gasteiger partial charge in [0.1, 0.15) is 0 Å². The molecule has 68 valence electrons. The minimum Gasteiger partial charge on any atom is -0.0616 e. The van der Waals surface area contributed by atoms with Crippen molar-refractivity contribution in [3.05, 3.63) is 60.7 Å². The monoisotopic (exact) mass is 216 g/mol. The Balaban J connectivity index is 1.96. The zero-order chi connectivity index (χ0) is 9.64. The van der Waals surface area contributed by atoms with Crippen molar-refractivity contribution in [2.75, 3.05) is 0 Å². The van der Waals surface area contributed by atoms with E-state index in [1.165, 1.54) is 0 Å². The fraction of sp³-hybridized carbons (Fsp3) is 0. The summed E-state index contributed by atoms with van der Waals surface area (Å²) in [5.41, 5.74) is 0. The van der Waals surface area contributed by atoms with Gasteiger partial charge in [-0.2, -0.15) is 0 Å². The molecule has 0 atom stereocenters. The molecule has 0 heterocycles. The van der Waals surface area contributed by atoms with E-state index in [-0.39, 0.29) is 0 Å². The van der Waals surface area contributed by atoms with Gasteiger partial charge in [0.15, 0.2) is 0 Å². The van der Waals surface area contributed by atoms with Crippen molar-refractivity contribution >= 4 is 21.6 Å². The lowest BCUT2D eigenvalue weighted by Crippen LogP contribution is -1.68. The maximum atomic E-state index is 3.17. The predicted molar refractivity (Wildman–Crippen MR) is 62.3 cm³/mol. The van der Waals surface area contributed by atoms with Crippen LogP contribution in [-0.4, -0.2) is 0 Å². The molecule has 2 aromatic rings. The van der Waals surface area contributed by atoms with Crippen LogP contribution >= 0.6 is 21.6 Å². The highest BCUT2D eigenvalue weighted by Crippen LogP contribution is 2.36. The minimum absolute atomic E-state index is 1.15. The zero-order valence-corrected chi connectivity index (χ0v) is 9.07. The highest BCUT2D eigenvalue weighted by atomic mass is 33.1. The largest absolute Gasteiger partial charge is 0.0616 e. The van der Waals surface area contributed by atoms with Crippen LogP contribution in [0.25, 0.3) is 0 Å². The molecule has 2 aromatic carbocycles. The lowest BCUT2D eigenvalue weighted by Gasteiger charge is -1.98. The van der Waals surface area contributed by atoms with E-state index in [9.17, 15) is 0 Å². The number of hydrogen-bond donors (Lipinski definition) is 0. The third-order valence-corrected chi connectivity index (χ3v) is 3.86. The first-order valence-corrected chi connectivity index (χ1v) is 6.38. The second-order valence-electron chi connectivity index (χ2n) is 2.62. The highest BCUT2D eigenvalue weighted by molar-refractivity contribution is 8.76. The minimum atomic E-state index is 1.15. The number of rotatable bonds is 3. The molecule has 0 saturated carbocycles. The van der Waals surface area contributed by atoms with Crippen LogP contribution in [-0.2, 0) is 0 Å². The first-order chi connectivity index (χ1) is 6.95. The van der Waals surface area contributed by atoms with Crippen LogP contribution in [0.3, 0.4) is 0 Å². The molecule has 2 rings (SSSR count). The molecule has 0 aliphatic rings. The Bertz CT molecular complexity index is 331. The van der Waals surface area contributed by atoms with Gasteiger partial charge in [-0.3, -0.25) is 0 Å². The van der Waals surface area contributed by atoms with Gasteiger partial charge in [-0.05, 0) is 24.3 Å². The van der Waals surface area contributed by atoms with Gasteiger partial charge in [0, 0.05) is 9.79 Å². The quantitative estimate of drug-likeness (QED) is 0.709. The molecule has 0 N–H and O–H groups in total. The van der Waals surface area contributed by atoms with E-state index < -0.39 is 0 Å². The van der Waals surface area contributed by atoms with E-state index >= 15 is 0 Å². The summed E-state index contributed by atoms with van der Waals surface area (Å²) in [6.45, 7) is 0. The Morgan fingerprint density at radius 1 is 0.714 bits per heavy atom. The second kappa shape index (κ2) is 5.13. The number of hydrogen-bond acceptors (Lipinski definition) is 2. The normalized spacial score (nSPS) is 10.0. The van der Waals surface area contributed by atoms with Crippen molar-refractivity contribution in [2.24, 2.45) is 0 Å². The Labute approximate surface area is 92.1 Å². The number of benzene rings is 2. The summed E-state index contributed by atoms with van der Waals surface area (Å²) >= 11 is 0. The van der Waals surface area contributed by atoms with Crippen LogP contribution < -0.4 is 0 Å². The zero-order valence-electron chi connectivity index (χ0n) is 7.44. The van der Waals surface area contributed by atoms with E-state index in [4.69, 9.17) is 0 Å². The fourth-order valence-electron chi connectivity index (χ4n) is 0.947. The van der Waals surface area contributed by atoms with Crippen molar-refractivity contribution in [3.63, 3.8) is 0 Å². The van der Waals surface area contributed by atoms with Crippen molar-refractivity contribution in [2.45, 2.75) is 9.79 Å². The Morgan fingerprint density at radius 3 is 1.57 bits per heavy atom. The van der Waals surface area contributed by atoms with Gasteiger partial charge in [-0.15, -0.1) is 0 Å². The van der Waals surface area contributed by atoms with Crippen molar-refractivity contribution in [3.8, 4) is 0 Å². The van der Waals surface area contributed by atoms with Crippen LogP contribution in [0.1, 0.15) is 0 Å². The molecule has 2 radical (unpaired) electrons. The third kappa shape index (κ3) is 2.82. The van der Waals surface area contributed by atoms with Gasteiger partial charge >= 0.3 is 0 Å². The smallest absolute Gasteiger partial charge is 0.0265 e. The van der Waals surface area contributed by atoms with E-state index in [2.05, 4.69) is 24.3 Å². The summed E-state index contributed by atoms with van der Waals surface area (Å²) in [7, 11) is 3.41. The summed E-state index contributed by atoms with van der Waals surface area (Å²) in [5.74, 6) is 0. The van der Waals surface area contributed by atoms with E-state index in [1.54, 1.807) is 21.6 Å². The van der Waals surface area contributed by atoms with Gasteiger partial charge in [-0.1, -0.05) is 58.0 Å². The van der Waals surface area contributed by atoms with Crippen LogP contribution in [0.15, 0.2) is 58.3 Å². The van der Waals surface area contributed by atoms with Gasteiger partial charge in [0.25, 0.3) is 0 Å². The molecule has 0 nitrogen and oxygen atoms in total. The summed E-state index contributed by atoms with van der Waals surface area (Å²) in [5, 5.41) is 0. The summed E-state index contributed by atoms with van der Waals surface area (Å²) in [6.07, 6.45) is 0. The molecule has 2 heteroatoms. The maximum absolute atomic E-state index is 3.17. The second-order valence-corrected chi connectivity index (χ2v) is 4.83. The topological polar surface area (TPSA) is 0 Å². The molecule has 0 aromatic heterocycles. The SMILES string of the molecule is [c]1ccccc1SSc1[c]cccc1. The molecule has 0 bridgehead atoms. The highest BCUT2D eigenvalue weighted by Gasteiger charge is 1.95. The molecule has 0 fully saturated rings. The maximum Gasteiger partial charge on any atom is 0.0265 e. The average molecular weight is 216 g/mol. The van der Waals surface area contributed by atoms with Gasteiger partial charge in [0.05, 0.1) is 0 Å². The standard InChI is InChI=1S/C12H8S2/c1-3-7-11(8-4-1)13-14-12-9-5-2-6-10-12/h1-7,9H. The van der Waals surface area contributed by atoms with Crippen LogP contribution in [0.5, 0.6) is 0 Å². The molecule has 0 amide bonds. The van der Waals surface area contributed by atoms with Crippen LogP contribution in [0, 0.1) is 12.1 Å². The first-order valence-electron chi connectivity index (χ1n) is 4.23. The third-order valence-electron chi connectivity index (χ3n) is 1.58. The molecule has 14 heavy (non-hydrogen) atoms. The van der Waals surface area contributed by atoms with Gasteiger partial charge < -0.3 is 0 Å². The lowest BCUT2D eigenvalue weighted by atomic mass is 10.4. The molecule has 0 unspecified atom stereocenters. The van der Waals surface area contributed by atoms with E-state index in [1.807, 2.05) is 36.4 Å².